The summed E-state index contributed by atoms with van der Waals surface area (Å²) in [6.45, 7) is 3.27. The van der Waals surface area contributed by atoms with Gasteiger partial charge in [0.2, 0.25) is 5.91 Å². The fourth-order valence-corrected chi connectivity index (χ4v) is 4.06. The van der Waals surface area contributed by atoms with E-state index in [1.54, 1.807) is 36.3 Å². The minimum atomic E-state index is -0.423. The van der Waals surface area contributed by atoms with E-state index in [2.05, 4.69) is 6.07 Å². The minimum Gasteiger partial charge on any atom is -0.385 e. The molecule has 2 amide bonds. The quantitative estimate of drug-likeness (QED) is 0.758. The van der Waals surface area contributed by atoms with E-state index < -0.39 is 5.41 Å². The average molecular weight is 355 g/mol. The molecule has 1 spiro atoms. The second kappa shape index (κ2) is 7.88. The highest BCUT2D eigenvalue weighted by Gasteiger charge is 2.49. The largest absolute Gasteiger partial charge is 0.385 e. The first-order valence-electron chi connectivity index (χ1n) is 9.17. The molecule has 2 saturated heterocycles. The molecule has 0 N–H and O–H groups in total. The zero-order valence-electron chi connectivity index (χ0n) is 15.2. The van der Waals surface area contributed by atoms with Gasteiger partial charge in [0.15, 0.2) is 0 Å². The van der Waals surface area contributed by atoms with E-state index in [4.69, 9.17) is 10.00 Å². The first kappa shape index (κ1) is 18.4. The number of piperidine rings is 1. The summed E-state index contributed by atoms with van der Waals surface area (Å²) >= 11 is 0. The Morgan fingerprint density at radius 1 is 1.27 bits per heavy atom. The van der Waals surface area contributed by atoms with Crippen LogP contribution in [0.4, 0.5) is 0 Å². The first-order chi connectivity index (χ1) is 12.6. The number of amides is 2. The number of carbonyl (C=O) groups excluding carboxylic acids is 2. The van der Waals surface area contributed by atoms with Crippen molar-refractivity contribution in [1.82, 2.24) is 9.80 Å². The molecule has 6 heteroatoms. The molecule has 2 aliphatic heterocycles. The van der Waals surface area contributed by atoms with Gasteiger partial charge in [-0.25, -0.2) is 0 Å². The molecule has 26 heavy (non-hydrogen) atoms. The van der Waals surface area contributed by atoms with Crippen LogP contribution in [-0.2, 0) is 9.53 Å². The maximum absolute atomic E-state index is 13.0. The Morgan fingerprint density at radius 3 is 2.73 bits per heavy atom. The van der Waals surface area contributed by atoms with Crippen molar-refractivity contribution in [2.24, 2.45) is 5.41 Å². The molecule has 2 aliphatic rings. The Labute approximate surface area is 154 Å². The fraction of sp³-hybridized carbons (Fsp3) is 0.550. The molecular weight excluding hydrogens is 330 g/mol. The maximum Gasteiger partial charge on any atom is 0.253 e. The topological polar surface area (TPSA) is 73.6 Å². The summed E-state index contributed by atoms with van der Waals surface area (Å²) in [6, 6.07) is 8.74. The second-order valence-corrected chi connectivity index (χ2v) is 7.19. The number of methoxy groups -OCH3 is 1. The molecule has 0 bridgehead atoms. The van der Waals surface area contributed by atoms with Gasteiger partial charge in [-0.15, -0.1) is 0 Å². The molecule has 2 fully saturated rings. The Kier molecular flexibility index (Phi) is 5.58. The van der Waals surface area contributed by atoms with Crippen molar-refractivity contribution in [3.05, 3.63) is 35.4 Å². The van der Waals surface area contributed by atoms with Crippen LogP contribution in [0.5, 0.6) is 0 Å². The third-order valence-corrected chi connectivity index (χ3v) is 5.50. The number of carbonyl (C=O) groups is 2. The third kappa shape index (κ3) is 3.58. The summed E-state index contributed by atoms with van der Waals surface area (Å²) in [5.41, 5.74) is 0.683. The molecule has 0 aliphatic carbocycles. The van der Waals surface area contributed by atoms with Crippen molar-refractivity contribution < 1.29 is 14.3 Å². The molecule has 1 aromatic carbocycles. The van der Waals surface area contributed by atoms with Crippen molar-refractivity contribution >= 4 is 11.8 Å². The zero-order valence-corrected chi connectivity index (χ0v) is 15.2. The molecule has 1 aromatic rings. The molecule has 0 saturated carbocycles. The molecule has 2 heterocycles. The van der Waals surface area contributed by atoms with Crippen molar-refractivity contribution in [2.75, 3.05) is 39.9 Å². The highest BCUT2D eigenvalue weighted by Crippen LogP contribution is 2.40. The summed E-state index contributed by atoms with van der Waals surface area (Å²) in [4.78, 5) is 29.5. The smallest absolute Gasteiger partial charge is 0.253 e. The van der Waals surface area contributed by atoms with E-state index in [0.717, 1.165) is 38.8 Å². The maximum atomic E-state index is 13.0. The molecular formula is C20H25N3O3. The lowest BCUT2D eigenvalue weighted by atomic mass is 9.78. The monoisotopic (exact) mass is 355 g/mol. The number of rotatable bonds is 5. The molecule has 3 rings (SSSR count). The van der Waals surface area contributed by atoms with Gasteiger partial charge in [0.05, 0.1) is 17.0 Å². The number of ether oxygens (including phenoxy) is 1. The number of benzene rings is 1. The lowest BCUT2D eigenvalue weighted by molar-refractivity contribution is -0.145. The van der Waals surface area contributed by atoms with Crippen molar-refractivity contribution in [3.63, 3.8) is 0 Å². The van der Waals surface area contributed by atoms with Crippen molar-refractivity contribution in [2.45, 2.75) is 25.7 Å². The van der Waals surface area contributed by atoms with E-state index in [-0.39, 0.29) is 11.8 Å². The molecule has 1 atom stereocenters. The molecule has 138 valence electrons. The van der Waals surface area contributed by atoms with Gasteiger partial charge in [-0.2, -0.15) is 5.26 Å². The van der Waals surface area contributed by atoms with Crippen LogP contribution in [0.15, 0.2) is 24.3 Å². The normalized spacial score (nSPS) is 22.7. The van der Waals surface area contributed by atoms with Crippen molar-refractivity contribution in [1.29, 1.82) is 5.26 Å². The van der Waals surface area contributed by atoms with Crippen LogP contribution in [0.25, 0.3) is 0 Å². The number of likely N-dealkylation sites (tertiary alicyclic amines) is 2. The molecule has 1 unspecified atom stereocenters. The van der Waals surface area contributed by atoms with Crippen LogP contribution in [0, 0.1) is 16.7 Å². The van der Waals surface area contributed by atoms with E-state index >= 15 is 0 Å². The predicted octanol–water partition coefficient (Wildman–Crippen LogP) is 2.05. The van der Waals surface area contributed by atoms with E-state index in [1.807, 2.05) is 4.90 Å². The zero-order chi connectivity index (χ0) is 18.6. The van der Waals surface area contributed by atoms with Crippen LogP contribution in [0.3, 0.4) is 0 Å². The lowest BCUT2D eigenvalue weighted by Crippen LogP contribution is -2.50. The Morgan fingerprint density at radius 2 is 2.04 bits per heavy atom. The van der Waals surface area contributed by atoms with Gasteiger partial charge >= 0.3 is 0 Å². The second-order valence-electron chi connectivity index (χ2n) is 7.19. The fourth-order valence-electron chi connectivity index (χ4n) is 4.06. The Hall–Kier alpha value is -2.39. The number of nitriles is 1. The third-order valence-electron chi connectivity index (χ3n) is 5.50. The van der Waals surface area contributed by atoms with Gasteiger partial charge in [0.25, 0.3) is 5.91 Å². The van der Waals surface area contributed by atoms with E-state index in [1.165, 1.54) is 0 Å². The average Bonchev–Trinajstić information content (AvgIpc) is 3.10. The summed E-state index contributed by atoms with van der Waals surface area (Å²) in [7, 11) is 1.67. The lowest BCUT2D eigenvalue weighted by Gasteiger charge is -2.39. The van der Waals surface area contributed by atoms with Crippen LogP contribution >= 0.6 is 0 Å². The van der Waals surface area contributed by atoms with E-state index in [9.17, 15) is 9.59 Å². The summed E-state index contributed by atoms with van der Waals surface area (Å²) in [5.74, 6) is 0.130. The number of nitrogens with zero attached hydrogens (tertiary/aromatic N) is 3. The standard InChI is InChI=1S/C20H25N3O3/c1-26-13-3-11-22-10-2-8-20(19(22)25)9-12-23(15-20)18(24)17-6-4-16(14-21)5-7-17/h4-7H,2-3,8-13,15H2,1H3. The van der Waals surface area contributed by atoms with Gasteiger partial charge < -0.3 is 14.5 Å². The van der Waals surface area contributed by atoms with Crippen LogP contribution < -0.4 is 0 Å². The van der Waals surface area contributed by atoms with E-state index in [0.29, 0.717) is 30.8 Å². The Bertz CT molecular complexity index is 710. The first-order valence-corrected chi connectivity index (χ1v) is 9.17. The van der Waals surface area contributed by atoms with Gasteiger partial charge in [0.1, 0.15) is 0 Å². The summed E-state index contributed by atoms with van der Waals surface area (Å²) in [5, 5.41) is 8.88. The number of hydrogen-bond donors (Lipinski definition) is 0. The number of hydrogen-bond acceptors (Lipinski definition) is 4. The van der Waals surface area contributed by atoms with Gasteiger partial charge in [-0.3, -0.25) is 9.59 Å². The summed E-state index contributed by atoms with van der Waals surface area (Å²) < 4.78 is 5.09. The molecule has 0 radical (unpaired) electrons. The molecule has 0 aromatic heterocycles. The van der Waals surface area contributed by atoms with Crippen LogP contribution in [-0.4, -0.2) is 61.5 Å². The van der Waals surface area contributed by atoms with Crippen molar-refractivity contribution in [3.8, 4) is 6.07 Å². The predicted molar refractivity (Wildman–Crippen MR) is 96.4 cm³/mol. The SMILES string of the molecule is COCCCN1CCCC2(CCN(C(=O)c3ccc(C#N)cc3)C2)C1=O. The highest BCUT2D eigenvalue weighted by molar-refractivity contribution is 5.95. The van der Waals surface area contributed by atoms with Gasteiger partial charge in [-0.05, 0) is 49.9 Å². The molecule has 6 nitrogen and oxygen atoms in total. The van der Waals surface area contributed by atoms with Crippen LogP contribution in [0.1, 0.15) is 41.6 Å². The van der Waals surface area contributed by atoms with Gasteiger partial charge in [0, 0.05) is 45.5 Å². The highest BCUT2D eigenvalue weighted by atomic mass is 16.5. The van der Waals surface area contributed by atoms with Crippen LogP contribution in [0.2, 0.25) is 0 Å². The van der Waals surface area contributed by atoms with Gasteiger partial charge in [-0.1, -0.05) is 0 Å². The minimum absolute atomic E-state index is 0.0596. The Balaban J connectivity index is 1.67. The summed E-state index contributed by atoms with van der Waals surface area (Å²) in [6.07, 6.45) is 3.40.